The van der Waals surface area contributed by atoms with Crippen LogP contribution in [0.25, 0.3) is 0 Å². The van der Waals surface area contributed by atoms with Crippen LogP contribution in [0.15, 0.2) is 16.0 Å². The molecule has 82 valence electrons. The number of aromatic amines is 1. The van der Waals surface area contributed by atoms with Crippen LogP contribution < -0.4 is 5.56 Å². The number of thioether (sulfide) groups is 1. The van der Waals surface area contributed by atoms with Crippen molar-refractivity contribution in [3.8, 4) is 0 Å². The van der Waals surface area contributed by atoms with E-state index in [1.54, 1.807) is 6.92 Å². The summed E-state index contributed by atoms with van der Waals surface area (Å²) in [6, 6.07) is 1.36. The Hall–Kier alpha value is -1.01. The number of carboxylic acids is 1. The van der Waals surface area contributed by atoms with Crippen molar-refractivity contribution in [2.45, 2.75) is 17.5 Å². The monoisotopic (exact) mass is 248 g/mol. The summed E-state index contributed by atoms with van der Waals surface area (Å²) in [5.74, 6) is -0.928. The van der Waals surface area contributed by atoms with Crippen molar-refractivity contribution in [3.05, 3.63) is 22.1 Å². The van der Waals surface area contributed by atoms with Gasteiger partial charge in [0.05, 0.1) is 0 Å². The zero-order chi connectivity index (χ0) is 11.4. The summed E-state index contributed by atoms with van der Waals surface area (Å²) in [6.07, 6.45) is 0. The van der Waals surface area contributed by atoms with Gasteiger partial charge in [-0.1, -0.05) is 11.8 Å². The van der Waals surface area contributed by atoms with E-state index < -0.39 is 11.3 Å². The Morgan fingerprint density at radius 2 is 2.47 bits per heavy atom. The van der Waals surface area contributed by atoms with Gasteiger partial charge >= 0.3 is 5.97 Å². The quantitative estimate of drug-likeness (QED) is 0.469. The van der Waals surface area contributed by atoms with E-state index in [0.29, 0.717) is 10.9 Å². The normalized spacial score (nSPS) is 12.4. The second kappa shape index (κ2) is 5.18. The Morgan fingerprint density at radius 3 is 3.00 bits per heavy atom. The van der Waals surface area contributed by atoms with Gasteiger partial charge in [-0.2, -0.15) is 0 Å². The molecular formula is C8H9ClN2O3S. The van der Waals surface area contributed by atoms with Crippen molar-refractivity contribution < 1.29 is 9.90 Å². The molecule has 1 aromatic rings. The van der Waals surface area contributed by atoms with E-state index in [1.165, 1.54) is 6.07 Å². The van der Waals surface area contributed by atoms with Crippen molar-refractivity contribution in [3.63, 3.8) is 0 Å². The summed E-state index contributed by atoms with van der Waals surface area (Å²) in [4.78, 5) is 28.0. The third kappa shape index (κ3) is 3.93. The van der Waals surface area contributed by atoms with Crippen LogP contribution in [0.1, 0.15) is 5.69 Å². The Bertz CT molecular complexity index is 421. The molecule has 2 N–H and O–H groups in total. The van der Waals surface area contributed by atoms with E-state index in [1.807, 2.05) is 0 Å². The first-order valence-corrected chi connectivity index (χ1v) is 5.49. The molecule has 0 spiro atoms. The van der Waals surface area contributed by atoms with E-state index >= 15 is 0 Å². The van der Waals surface area contributed by atoms with Gasteiger partial charge in [0.25, 0.3) is 5.56 Å². The fraction of sp³-hybridized carbons (Fsp3) is 0.375. The van der Waals surface area contributed by atoms with Crippen molar-refractivity contribution in [1.82, 2.24) is 9.97 Å². The number of carboxylic acid groups (broad SMARTS) is 1. The molecule has 1 unspecified atom stereocenters. The summed E-state index contributed by atoms with van der Waals surface area (Å²) >= 11 is 6.61. The van der Waals surface area contributed by atoms with Gasteiger partial charge in [0.2, 0.25) is 0 Å². The Labute approximate surface area is 94.9 Å². The fourth-order valence-electron chi connectivity index (χ4n) is 0.843. The lowest BCUT2D eigenvalue weighted by atomic mass is 10.5. The molecule has 0 saturated carbocycles. The van der Waals surface area contributed by atoms with Gasteiger partial charge in [-0.05, 0) is 6.92 Å². The molecule has 0 fully saturated rings. The number of aryl methyl sites for hydroxylation is 1. The molecule has 0 aromatic carbocycles. The van der Waals surface area contributed by atoms with Gasteiger partial charge in [-0.3, -0.25) is 9.59 Å². The number of carbonyl (C=O) groups is 1. The van der Waals surface area contributed by atoms with Crippen molar-refractivity contribution >= 4 is 29.3 Å². The standard InChI is InChI=1S/C8H9ClN2O3S/c1-4-2-6(12)11-8(10-4)15-3-5(9)7(13)14/h2,5H,3H2,1H3,(H,13,14)(H,10,11,12). The second-order valence-electron chi connectivity index (χ2n) is 2.81. The number of alkyl halides is 1. The molecular weight excluding hydrogens is 240 g/mol. The molecule has 0 amide bonds. The van der Waals surface area contributed by atoms with E-state index in [-0.39, 0.29) is 11.3 Å². The second-order valence-corrected chi connectivity index (χ2v) is 4.34. The zero-order valence-electron chi connectivity index (χ0n) is 7.86. The number of nitrogens with one attached hydrogen (secondary N) is 1. The molecule has 15 heavy (non-hydrogen) atoms. The molecule has 0 aliphatic rings. The highest BCUT2D eigenvalue weighted by Gasteiger charge is 2.14. The lowest BCUT2D eigenvalue weighted by Crippen LogP contribution is -2.16. The maximum absolute atomic E-state index is 11.0. The summed E-state index contributed by atoms with van der Waals surface area (Å²) in [5.41, 5.74) is 0.328. The van der Waals surface area contributed by atoms with Crippen LogP contribution in [0.2, 0.25) is 0 Å². The van der Waals surface area contributed by atoms with Crippen LogP contribution >= 0.6 is 23.4 Å². The van der Waals surface area contributed by atoms with Crippen LogP contribution in [0.5, 0.6) is 0 Å². The average Bonchev–Trinajstić information content (AvgIpc) is 2.12. The first kappa shape index (κ1) is 12.1. The Morgan fingerprint density at radius 1 is 1.80 bits per heavy atom. The van der Waals surface area contributed by atoms with Crippen molar-refractivity contribution in [2.75, 3.05) is 5.75 Å². The highest BCUT2D eigenvalue weighted by Crippen LogP contribution is 2.15. The van der Waals surface area contributed by atoms with Crippen LogP contribution in [-0.4, -0.2) is 32.2 Å². The first-order chi connectivity index (χ1) is 6.99. The number of hydrogen-bond donors (Lipinski definition) is 2. The van der Waals surface area contributed by atoms with Crippen LogP contribution in [-0.2, 0) is 4.79 Å². The number of aliphatic carboxylic acids is 1. The fourth-order valence-corrected chi connectivity index (χ4v) is 1.86. The molecule has 5 nitrogen and oxygen atoms in total. The largest absolute Gasteiger partial charge is 0.480 e. The Balaban J connectivity index is 2.65. The summed E-state index contributed by atoms with van der Waals surface area (Å²) < 4.78 is 0. The molecule has 0 radical (unpaired) electrons. The van der Waals surface area contributed by atoms with Gasteiger partial charge in [0.1, 0.15) is 5.38 Å². The minimum Gasteiger partial charge on any atom is -0.480 e. The maximum Gasteiger partial charge on any atom is 0.322 e. The minimum atomic E-state index is -1.08. The Kier molecular flexibility index (Phi) is 4.16. The van der Waals surface area contributed by atoms with Crippen molar-refractivity contribution in [1.29, 1.82) is 0 Å². The van der Waals surface area contributed by atoms with Gasteiger partial charge in [0, 0.05) is 17.5 Å². The number of H-pyrrole nitrogens is 1. The number of halogens is 1. The molecule has 0 aliphatic carbocycles. The van der Waals surface area contributed by atoms with Crippen LogP contribution in [0.3, 0.4) is 0 Å². The molecule has 0 saturated heterocycles. The van der Waals surface area contributed by atoms with E-state index in [2.05, 4.69) is 9.97 Å². The van der Waals surface area contributed by atoms with Gasteiger partial charge in [0.15, 0.2) is 5.16 Å². The van der Waals surface area contributed by atoms with E-state index in [4.69, 9.17) is 16.7 Å². The molecule has 1 rings (SSSR count). The van der Waals surface area contributed by atoms with Gasteiger partial charge in [-0.15, -0.1) is 11.6 Å². The molecule has 0 aliphatic heterocycles. The minimum absolute atomic E-state index is 0.156. The highest BCUT2D eigenvalue weighted by atomic mass is 35.5. The molecule has 7 heteroatoms. The SMILES string of the molecule is Cc1cc(=O)[nH]c(SCC(Cl)C(=O)O)n1. The predicted molar refractivity (Wildman–Crippen MR) is 57.6 cm³/mol. The molecule has 0 bridgehead atoms. The molecule has 1 heterocycles. The predicted octanol–water partition coefficient (Wildman–Crippen LogP) is 0.862. The lowest BCUT2D eigenvalue weighted by Gasteiger charge is -2.03. The van der Waals surface area contributed by atoms with Crippen molar-refractivity contribution in [2.24, 2.45) is 0 Å². The lowest BCUT2D eigenvalue weighted by molar-refractivity contribution is -0.136. The number of nitrogens with zero attached hydrogens (tertiary/aromatic N) is 1. The maximum atomic E-state index is 11.0. The molecule has 1 atom stereocenters. The highest BCUT2D eigenvalue weighted by molar-refractivity contribution is 7.99. The molecule has 1 aromatic heterocycles. The third-order valence-corrected chi connectivity index (χ3v) is 2.97. The smallest absolute Gasteiger partial charge is 0.322 e. The topological polar surface area (TPSA) is 83.0 Å². The van der Waals surface area contributed by atoms with Gasteiger partial charge in [-0.25, -0.2) is 4.98 Å². The summed E-state index contributed by atoms with van der Waals surface area (Å²) in [5, 5.41) is 7.93. The van der Waals surface area contributed by atoms with Crippen LogP contribution in [0.4, 0.5) is 0 Å². The number of rotatable bonds is 4. The van der Waals surface area contributed by atoms with E-state index in [9.17, 15) is 9.59 Å². The van der Waals surface area contributed by atoms with Crippen LogP contribution in [0, 0.1) is 6.92 Å². The number of aromatic nitrogens is 2. The zero-order valence-corrected chi connectivity index (χ0v) is 9.43. The van der Waals surface area contributed by atoms with Gasteiger partial charge < -0.3 is 10.1 Å². The van der Waals surface area contributed by atoms with E-state index in [0.717, 1.165) is 11.8 Å². The summed E-state index contributed by atoms with van der Waals surface area (Å²) in [6.45, 7) is 1.69. The average molecular weight is 249 g/mol. The first-order valence-electron chi connectivity index (χ1n) is 4.06. The number of hydrogen-bond acceptors (Lipinski definition) is 4. The third-order valence-electron chi connectivity index (χ3n) is 1.48. The summed E-state index contributed by atoms with van der Waals surface area (Å²) in [7, 11) is 0.